The first kappa shape index (κ1) is 28.7. The van der Waals surface area contributed by atoms with Crippen LogP contribution in [0, 0.1) is 0 Å². The summed E-state index contributed by atoms with van der Waals surface area (Å²) >= 11 is 0. The number of piperazine rings is 1. The van der Waals surface area contributed by atoms with Crippen LogP contribution in [0.5, 0.6) is 5.75 Å². The number of ether oxygens (including phenoxy) is 1. The van der Waals surface area contributed by atoms with Gasteiger partial charge in [-0.2, -0.15) is 0 Å². The van der Waals surface area contributed by atoms with E-state index in [4.69, 9.17) is 9.72 Å². The summed E-state index contributed by atoms with van der Waals surface area (Å²) in [6.07, 6.45) is 7.10. The summed E-state index contributed by atoms with van der Waals surface area (Å²) < 4.78 is 7.79. The van der Waals surface area contributed by atoms with Gasteiger partial charge in [-0.25, -0.2) is 9.97 Å². The number of aromatic nitrogens is 3. The van der Waals surface area contributed by atoms with Crippen molar-refractivity contribution in [3.63, 3.8) is 0 Å². The highest BCUT2D eigenvalue weighted by molar-refractivity contribution is 6.07. The number of benzene rings is 2. The molecule has 0 atom stereocenters. The number of nitrogens with one attached hydrogen (secondary N) is 2. The maximum absolute atomic E-state index is 13.7. The van der Waals surface area contributed by atoms with E-state index in [2.05, 4.69) is 76.6 Å². The molecule has 6 rings (SSSR count). The fourth-order valence-electron chi connectivity index (χ4n) is 6.30. The molecule has 0 spiro atoms. The van der Waals surface area contributed by atoms with Crippen LogP contribution in [0.3, 0.4) is 0 Å². The van der Waals surface area contributed by atoms with E-state index in [1.807, 2.05) is 30.1 Å². The average Bonchev–Trinajstić information content (AvgIpc) is 3.38. The monoisotopic (exact) mass is 579 g/mol. The maximum atomic E-state index is 13.7. The number of fused-ring (bicyclic) bond motifs is 3. The van der Waals surface area contributed by atoms with Crippen molar-refractivity contribution >= 4 is 28.9 Å². The van der Waals surface area contributed by atoms with E-state index >= 15 is 0 Å². The third-order valence-corrected chi connectivity index (χ3v) is 8.80. The Morgan fingerprint density at radius 3 is 2.44 bits per heavy atom. The average molecular weight is 580 g/mol. The third kappa shape index (κ3) is 5.57. The number of amides is 1. The molecule has 0 unspecified atom stereocenters. The zero-order valence-corrected chi connectivity index (χ0v) is 25.8. The molecule has 224 valence electrons. The number of hydrogen-bond acceptors (Lipinski definition) is 7. The molecule has 2 N–H and O–H groups in total. The molecular formula is C34H41N7O2. The molecule has 1 saturated heterocycles. The predicted molar refractivity (Wildman–Crippen MR) is 173 cm³/mol. The number of methoxy groups -OCH3 is 1. The standard InChI is InChI=1S/C34H41N7O2/c1-6-22-9-8-10-23(7-2)30(22)37-33(42)27-21-40(4)32-26(27)13-11-24-20-35-34(38-31(24)32)36-28-14-12-25(19-29(28)43-5)41-17-15-39(3)16-18-41/h8-10,12,14,19-21H,6-7,11,13,15-18H2,1-5H3,(H,37,42)(H,35,36,38). The number of likely N-dealkylation sites (N-methyl/N-ethyl adjacent to an activating group) is 1. The molecule has 3 heterocycles. The van der Waals surface area contributed by atoms with Crippen molar-refractivity contribution in [2.45, 2.75) is 39.5 Å². The van der Waals surface area contributed by atoms with Crippen molar-refractivity contribution in [2.75, 3.05) is 55.9 Å². The number of hydrogen-bond donors (Lipinski definition) is 2. The highest BCUT2D eigenvalue weighted by Gasteiger charge is 2.28. The molecule has 0 saturated carbocycles. The van der Waals surface area contributed by atoms with Crippen molar-refractivity contribution in [3.8, 4) is 17.1 Å². The van der Waals surface area contributed by atoms with E-state index in [0.717, 1.165) is 108 Å². The Balaban J connectivity index is 1.27. The summed E-state index contributed by atoms with van der Waals surface area (Å²) in [5, 5.41) is 6.64. The van der Waals surface area contributed by atoms with E-state index in [1.165, 1.54) is 0 Å². The quantitative estimate of drug-likeness (QED) is 0.287. The zero-order chi connectivity index (χ0) is 30.1. The third-order valence-electron chi connectivity index (χ3n) is 8.80. The molecule has 1 fully saturated rings. The van der Waals surface area contributed by atoms with Gasteiger partial charge in [0.05, 0.1) is 29.7 Å². The van der Waals surface area contributed by atoms with Gasteiger partial charge in [-0.3, -0.25) is 4.79 Å². The molecule has 0 radical (unpaired) electrons. The highest BCUT2D eigenvalue weighted by Crippen LogP contribution is 2.37. The fourth-order valence-corrected chi connectivity index (χ4v) is 6.30. The van der Waals surface area contributed by atoms with Crippen LogP contribution in [-0.4, -0.2) is 65.7 Å². The van der Waals surface area contributed by atoms with Gasteiger partial charge in [-0.15, -0.1) is 0 Å². The first-order valence-electron chi connectivity index (χ1n) is 15.2. The first-order chi connectivity index (χ1) is 20.9. The zero-order valence-electron chi connectivity index (χ0n) is 25.8. The molecule has 4 aromatic rings. The number of nitrogens with zero attached hydrogens (tertiary/aromatic N) is 5. The number of carbonyl (C=O) groups is 1. The van der Waals surface area contributed by atoms with Crippen molar-refractivity contribution < 1.29 is 9.53 Å². The number of para-hydroxylation sites is 1. The molecule has 9 heteroatoms. The van der Waals surface area contributed by atoms with Gasteiger partial charge < -0.3 is 29.7 Å². The van der Waals surface area contributed by atoms with Crippen LogP contribution in [0.2, 0.25) is 0 Å². The molecule has 1 aliphatic heterocycles. The molecule has 2 aromatic carbocycles. The van der Waals surface area contributed by atoms with Crippen LogP contribution in [0.4, 0.5) is 23.0 Å². The van der Waals surface area contributed by atoms with Crippen LogP contribution >= 0.6 is 0 Å². The second-order valence-corrected chi connectivity index (χ2v) is 11.5. The van der Waals surface area contributed by atoms with Gasteiger partial charge in [0.15, 0.2) is 0 Å². The van der Waals surface area contributed by atoms with E-state index in [-0.39, 0.29) is 5.91 Å². The topological polar surface area (TPSA) is 87.6 Å². The Morgan fingerprint density at radius 2 is 1.74 bits per heavy atom. The number of rotatable bonds is 8. The summed E-state index contributed by atoms with van der Waals surface area (Å²) in [7, 11) is 5.83. The van der Waals surface area contributed by atoms with E-state index in [9.17, 15) is 4.79 Å². The smallest absolute Gasteiger partial charge is 0.257 e. The summed E-state index contributed by atoms with van der Waals surface area (Å²) in [6.45, 7) is 8.31. The van der Waals surface area contributed by atoms with Gasteiger partial charge in [0, 0.05) is 63.1 Å². The van der Waals surface area contributed by atoms with Gasteiger partial charge in [0.2, 0.25) is 5.95 Å². The molecule has 2 aliphatic rings. The minimum Gasteiger partial charge on any atom is -0.494 e. The van der Waals surface area contributed by atoms with Gasteiger partial charge in [0.25, 0.3) is 5.91 Å². The lowest BCUT2D eigenvalue weighted by Crippen LogP contribution is -2.44. The molecule has 43 heavy (non-hydrogen) atoms. The van der Waals surface area contributed by atoms with Crippen molar-refractivity contribution in [2.24, 2.45) is 7.05 Å². The molecule has 0 bridgehead atoms. The Morgan fingerprint density at radius 1 is 1.00 bits per heavy atom. The second kappa shape index (κ2) is 12.1. The number of anilines is 4. The lowest BCUT2D eigenvalue weighted by Gasteiger charge is -2.34. The van der Waals surface area contributed by atoms with E-state index in [0.29, 0.717) is 11.5 Å². The summed E-state index contributed by atoms with van der Waals surface area (Å²) in [6, 6.07) is 12.5. The Bertz CT molecular complexity index is 1630. The molecular weight excluding hydrogens is 538 g/mol. The normalized spacial score (nSPS) is 14.7. The fraction of sp³-hybridized carbons (Fsp3) is 0.382. The SMILES string of the molecule is CCc1cccc(CC)c1NC(=O)c1cn(C)c2c1CCc1cnc(Nc3ccc(N4CCN(C)CC4)cc3OC)nc1-2. The van der Waals surface area contributed by atoms with E-state index in [1.54, 1.807) is 7.11 Å². The Hall–Kier alpha value is -4.37. The van der Waals surface area contributed by atoms with Crippen molar-refractivity contribution in [1.29, 1.82) is 0 Å². The number of carbonyl (C=O) groups excluding carboxylic acids is 1. The minimum absolute atomic E-state index is 0.0755. The summed E-state index contributed by atoms with van der Waals surface area (Å²) in [4.78, 5) is 28.0. The van der Waals surface area contributed by atoms with E-state index < -0.39 is 0 Å². The highest BCUT2D eigenvalue weighted by atomic mass is 16.5. The lowest BCUT2D eigenvalue weighted by molar-refractivity contribution is 0.102. The Labute approximate surface area is 253 Å². The minimum atomic E-state index is -0.0755. The molecule has 2 aromatic heterocycles. The first-order valence-corrected chi connectivity index (χ1v) is 15.2. The van der Waals surface area contributed by atoms with Gasteiger partial charge in [-0.05, 0) is 67.1 Å². The van der Waals surface area contributed by atoms with Gasteiger partial charge >= 0.3 is 0 Å². The number of aryl methyl sites for hydroxylation is 4. The van der Waals surface area contributed by atoms with Crippen LogP contribution < -0.4 is 20.3 Å². The molecule has 1 aliphatic carbocycles. The van der Waals surface area contributed by atoms with Crippen LogP contribution in [0.15, 0.2) is 48.8 Å². The largest absolute Gasteiger partial charge is 0.494 e. The summed E-state index contributed by atoms with van der Waals surface area (Å²) in [5.74, 6) is 1.16. The van der Waals surface area contributed by atoms with Crippen molar-refractivity contribution in [1.82, 2.24) is 19.4 Å². The molecule has 9 nitrogen and oxygen atoms in total. The lowest BCUT2D eigenvalue weighted by atomic mass is 9.92. The van der Waals surface area contributed by atoms with Crippen LogP contribution in [-0.2, 0) is 32.7 Å². The van der Waals surface area contributed by atoms with Crippen molar-refractivity contribution in [3.05, 3.63) is 76.6 Å². The van der Waals surface area contributed by atoms with Crippen LogP contribution in [0.1, 0.15) is 46.5 Å². The maximum Gasteiger partial charge on any atom is 0.257 e. The van der Waals surface area contributed by atoms with Gasteiger partial charge in [0.1, 0.15) is 5.75 Å². The predicted octanol–water partition coefficient (Wildman–Crippen LogP) is 5.46. The Kier molecular flexibility index (Phi) is 8.08. The summed E-state index contributed by atoms with van der Waals surface area (Å²) in [5.41, 5.74) is 9.82. The molecule has 1 amide bonds. The van der Waals surface area contributed by atoms with Crippen LogP contribution in [0.25, 0.3) is 11.4 Å². The second-order valence-electron chi connectivity index (χ2n) is 11.5. The van der Waals surface area contributed by atoms with Gasteiger partial charge in [-0.1, -0.05) is 32.0 Å².